The van der Waals surface area contributed by atoms with Crippen molar-refractivity contribution in [3.8, 4) is 0 Å². The van der Waals surface area contributed by atoms with Crippen molar-refractivity contribution in [2.45, 2.75) is 6.42 Å². The van der Waals surface area contributed by atoms with Crippen LogP contribution in [0.25, 0.3) is 0 Å². The van der Waals surface area contributed by atoms with E-state index < -0.39 is 0 Å². The first kappa shape index (κ1) is 19.0. The van der Waals surface area contributed by atoms with E-state index in [2.05, 4.69) is 25.1 Å². The molecule has 1 fully saturated rings. The van der Waals surface area contributed by atoms with Gasteiger partial charge in [-0.15, -0.1) is 0 Å². The third-order valence-electron chi connectivity index (χ3n) is 4.49. The zero-order chi connectivity index (χ0) is 19.1. The Morgan fingerprint density at radius 1 is 1.15 bits per heavy atom. The van der Waals surface area contributed by atoms with Crippen molar-refractivity contribution >= 4 is 17.4 Å². The topological polar surface area (TPSA) is 70.6 Å². The second-order valence-corrected chi connectivity index (χ2v) is 6.31. The summed E-state index contributed by atoms with van der Waals surface area (Å²) in [7, 11) is 1.63. The first-order valence-electron chi connectivity index (χ1n) is 9.02. The summed E-state index contributed by atoms with van der Waals surface area (Å²) in [6, 6.07) is 8.26. The molecular weight excluding hydrogens is 349 g/mol. The van der Waals surface area contributed by atoms with Gasteiger partial charge in [-0.1, -0.05) is 0 Å². The van der Waals surface area contributed by atoms with Gasteiger partial charge in [0.05, 0.1) is 0 Å². The summed E-state index contributed by atoms with van der Waals surface area (Å²) in [6.07, 6.45) is 2.18. The molecule has 0 radical (unpaired) electrons. The fraction of sp³-hybridized carbons (Fsp3) is 0.421. The fourth-order valence-corrected chi connectivity index (χ4v) is 3.00. The largest absolute Gasteiger partial charge is 0.385 e. The quantitative estimate of drug-likeness (QED) is 0.745. The number of rotatable bonds is 7. The van der Waals surface area contributed by atoms with E-state index in [1.54, 1.807) is 25.3 Å². The summed E-state index contributed by atoms with van der Waals surface area (Å²) >= 11 is 0. The third kappa shape index (κ3) is 5.13. The number of piperazine rings is 1. The zero-order valence-corrected chi connectivity index (χ0v) is 15.4. The molecule has 2 heterocycles. The Morgan fingerprint density at radius 2 is 1.85 bits per heavy atom. The summed E-state index contributed by atoms with van der Waals surface area (Å²) in [4.78, 5) is 24.9. The van der Waals surface area contributed by atoms with Crippen molar-refractivity contribution in [2.24, 2.45) is 0 Å². The van der Waals surface area contributed by atoms with Gasteiger partial charge in [0.25, 0.3) is 5.91 Å². The molecule has 0 saturated carbocycles. The van der Waals surface area contributed by atoms with Crippen LogP contribution in [0.1, 0.15) is 16.9 Å². The Hall–Kier alpha value is -2.74. The van der Waals surface area contributed by atoms with E-state index in [1.807, 2.05) is 0 Å². The number of carbonyl (C=O) groups excluding carboxylic acids is 1. The molecule has 144 valence electrons. The predicted molar refractivity (Wildman–Crippen MR) is 102 cm³/mol. The maximum atomic E-state index is 13.1. The maximum absolute atomic E-state index is 13.1. The van der Waals surface area contributed by atoms with Crippen molar-refractivity contribution in [3.63, 3.8) is 0 Å². The van der Waals surface area contributed by atoms with Crippen LogP contribution in [0.5, 0.6) is 0 Å². The van der Waals surface area contributed by atoms with Crippen LogP contribution in [0, 0.1) is 5.82 Å². The molecule has 0 aliphatic carbocycles. The van der Waals surface area contributed by atoms with E-state index >= 15 is 0 Å². The van der Waals surface area contributed by atoms with Crippen LogP contribution in [0.4, 0.5) is 15.9 Å². The Kier molecular flexibility index (Phi) is 6.54. The molecule has 1 N–H and O–H groups in total. The molecule has 1 saturated heterocycles. The van der Waals surface area contributed by atoms with Gasteiger partial charge >= 0.3 is 0 Å². The molecule has 0 bridgehead atoms. The van der Waals surface area contributed by atoms with Crippen LogP contribution in [-0.4, -0.2) is 62.3 Å². The molecule has 1 aliphatic rings. The van der Waals surface area contributed by atoms with Crippen LogP contribution in [0.15, 0.2) is 36.7 Å². The normalized spacial score (nSPS) is 14.3. The molecule has 8 heteroatoms. The van der Waals surface area contributed by atoms with Crippen LogP contribution < -0.4 is 15.1 Å². The van der Waals surface area contributed by atoms with Gasteiger partial charge in [0, 0.05) is 58.2 Å². The number of ether oxygens (including phenoxy) is 1. The molecule has 1 aromatic carbocycles. The number of hydrogen-bond acceptors (Lipinski definition) is 6. The average Bonchev–Trinajstić information content (AvgIpc) is 2.72. The molecule has 1 aromatic heterocycles. The van der Waals surface area contributed by atoms with E-state index in [9.17, 15) is 9.18 Å². The van der Waals surface area contributed by atoms with Crippen LogP contribution >= 0.6 is 0 Å². The Balaban J connectivity index is 1.56. The minimum Gasteiger partial charge on any atom is -0.385 e. The number of methoxy groups -OCH3 is 1. The van der Waals surface area contributed by atoms with Gasteiger partial charge in [-0.3, -0.25) is 4.79 Å². The maximum Gasteiger partial charge on any atom is 0.270 e. The predicted octanol–water partition coefficient (Wildman–Crippen LogP) is 1.71. The van der Waals surface area contributed by atoms with Crippen molar-refractivity contribution in [1.82, 2.24) is 15.3 Å². The number of nitrogens with one attached hydrogen (secondary N) is 1. The van der Waals surface area contributed by atoms with Crippen LogP contribution in [0.3, 0.4) is 0 Å². The van der Waals surface area contributed by atoms with Crippen molar-refractivity contribution in [1.29, 1.82) is 0 Å². The molecule has 0 spiro atoms. The number of halogens is 1. The molecule has 1 aliphatic heterocycles. The lowest BCUT2D eigenvalue weighted by Crippen LogP contribution is -2.47. The number of aromatic nitrogens is 2. The highest BCUT2D eigenvalue weighted by Crippen LogP contribution is 2.19. The van der Waals surface area contributed by atoms with Gasteiger partial charge in [-0.2, -0.15) is 0 Å². The van der Waals surface area contributed by atoms with E-state index in [4.69, 9.17) is 4.74 Å². The molecule has 27 heavy (non-hydrogen) atoms. The lowest BCUT2D eigenvalue weighted by Gasteiger charge is -2.36. The Bertz CT molecular complexity index is 748. The second-order valence-electron chi connectivity index (χ2n) is 6.31. The molecule has 3 rings (SSSR count). The summed E-state index contributed by atoms with van der Waals surface area (Å²) in [5.41, 5.74) is 1.37. The number of carbonyl (C=O) groups is 1. The molecule has 2 aromatic rings. The fourth-order valence-electron chi connectivity index (χ4n) is 3.00. The number of anilines is 2. The van der Waals surface area contributed by atoms with E-state index in [-0.39, 0.29) is 11.7 Å². The highest BCUT2D eigenvalue weighted by molar-refractivity contribution is 5.92. The van der Waals surface area contributed by atoms with Gasteiger partial charge in [-0.25, -0.2) is 14.4 Å². The average molecular weight is 373 g/mol. The SMILES string of the molecule is COCCCNC(=O)c1cc(N2CCN(c3ccc(F)cc3)CC2)ncn1. The van der Waals surface area contributed by atoms with Crippen molar-refractivity contribution < 1.29 is 13.9 Å². The summed E-state index contributed by atoms with van der Waals surface area (Å²) in [6.45, 7) is 4.28. The number of hydrogen-bond donors (Lipinski definition) is 1. The van der Waals surface area contributed by atoms with E-state index in [0.717, 1.165) is 44.1 Å². The minimum absolute atomic E-state index is 0.209. The summed E-state index contributed by atoms with van der Waals surface area (Å²) in [5.74, 6) is 0.303. The highest BCUT2D eigenvalue weighted by atomic mass is 19.1. The third-order valence-corrected chi connectivity index (χ3v) is 4.49. The number of nitrogens with zero attached hydrogens (tertiary/aromatic N) is 4. The molecule has 7 nitrogen and oxygen atoms in total. The number of benzene rings is 1. The lowest BCUT2D eigenvalue weighted by atomic mass is 10.2. The van der Waals surface area contributed by atoms with Gasteiger partial charge < -0.3 is 19.9 Å². The van der Waals surface area contributed by atoms with E-state index in [0.29, 0.717) is 18.8 Å². The second kappa shape index (κ2) is 9.27. The minimum atomic E-state index is -0.230. The van der Waals surface area contributed by atoms with Gasteiger partial charge in [0.15, 0.2) is 0 Å². The highest BCUT2D eigenvalue weighted by Gasteiger charge is 2.19. The van der Waals surface area contributed by atoms with Crippen molar-refractivity contribution in [2.75, 3.05) is 56.2 Å². The zero-order valence-electron chi connectivity index (χ0n) is 15.4. The van der Waals surface area contributed by atoms with E-state index in [1.165, 1.54) is 18.5 Å². The first-order valence-corrected chi connectivity index (χ1v) is 9.02. The molecule has 0 atom stereocenters. The molecule has 1 amide bonds. The molecule has 0 unspecified atom stereocenters. The van der Waals surface area contributed by atoms with Crippen LogP contribution in [-0.2, 0) is 4.74 Å². The lowest BCUT2D eigenvalue weighted by molar-refractivity contribution is 0.0943. The Labute approximate surface area is 158 Å². The molecular formula is C19H24FN5O2. The number of amides is 1. The summed E-state index contributed by atoms with van der Waals surface area (Å²) < 4.78 is 18.0. The summed E-state index contributed by atoms with van der Waals surface area (Å²) in [5, 5.41) is 2.83. The van der Waals surface area contributed by atoms with Crippen molar-refractivity contribution in [3.05, 3.63) is 48.2 Å². The van der Waals surface area contributed by atoms with Gasteiger partial charge in [0.2, 0.25) is 0 Å². The van der Waals surface area contributed by atoms with Gasteiger partial charge in [0.1, 0.15) is 23.7 Å². The smallest absolute Gasteiger partial charge is 0.270 e. The Morgan fingerprint density at radius 3 is 2.56 bits per heavy atom. The standard InChI is InChI=1S/C19H24FN5O2/c1-27-12-2-7-21-19(26)17-13-18(23-14-22-17)25-10-8-24(9-11-25)16-5-3-15(20)4-6-16/h3-6,13-14H,2,7-12H2,1H3,(H,21,26). The van der Waals surface area contributed by atoms with Crippen LogP contribution in [0.2, 0.25) is 0 Å². The monoisotopic (exact) mass is 373 g/mol. The first-order chi connectivity index (χ1) is 13.2. The van der Waals surface area contributed by atoms with Gasteiger partial charge in [-0.05, 0) is 30.7 Å².